The first-order valence-electron chi connectivity index (χ1n) is 7.18. The Morgan fingerprint density at radius 1 is 1.19 bits per heavy atom. The van der Waals surface area contributed by atoms with Crippen molar-refractivity contribution in [3.05, 3.63) is 40.8 Å². The minimum absolute atomic E-state index is 0.0436. The number of esters is 1. The number of thiophene rings is 1. The van der Waals surface area contributed by atoms with Crippen LogP contribution in [0.15, 0.2) is 34.5 Å². The monoisotopic (exact) mass is 413 g/mol. The van der Waals surface area contributed by atoms with Crippen LogP contribution in [0.25, 0.3) is 0 Å². The number of nitrogens with two attached hydrogens (primary N) is 2. The van der Waals surface area contributed by atoms with Crippen LogP contribution in [0, 0.1) is 0 Å². The third-order valence-corrected chi connectivity index (χ3v) is 4.98. The molecule has 0 aliphatic carbocycles. The molecule has 1 aromatic carbocycles. The SMILES string of the molecule is COc1ccc(S(N)(=O)=O)cc1C(=O)OCC(=O)Nc1sccc1C(N)=O. The molecule has 10 nitrogen and oxygen atoms in total. The highest BCUT2D eigenvalue weighted by Crippen LogP contribution is 2.24. The van der Waals surface area contributed by atoms with E-state index < -0.39 is 34.4 Å². The lowest BCUT2D eigenvalue weighted by atomic mass is 10.2. The minimum Gasteiger partial charge on any atom is -0.496 e. The van der Waals surface area contributed by atoms with Crippen molar-refractivity contribution in [3.8, 4) is 5.75 Å². The topological polar surface area (TPSA) is 168 Å². The zero-order valence-corrected chi connectivity index (χ0v) is 15.6. The van der Waals surface area contributed by atoms with Crippen LogP contribution in [0.3, 0.4) is 0 Å². The number of benzene rings is 1. The van der Waals surface area contributed by atoms with Crippen molar-refractivity contribution in [3.63, 3.8) is 0 Å². The summed E-state index contributed by atoms with van der Waals surface area (Å²) in [7, 11) is -2.77. The summed E-state index contributed by atoms with van der Waals surface area (Å²) >= 11 is 1.07. The number of sulfonamides is 1. The molecule has 1 aromatic heterocycles. The summed E-state index contributed by atoms with van der Waals surface area (Å²) < 4.78 is 32.7. The molecule has 2 rings (SSSR count). The summed E-state index contributed by atoms with van der Waals surface area (Å²) in [6, 6.07) is 4.83. The summed E-state index contributed by atoms with van der Waals surface area (Å²) in [5.41, 5.74) is 5.08. The molecule has 0 aliphatic heterocycles. The highest BCUT2D eigenvalue weighted by Gasteiger charge is 2.20. The van der Waals surface area contributed by atoms with Gasteiger partial charge in [0.2, 0.25) is 10.0 Å². The number of primary amides is 1. The maximum Gasteiger partial charge on any atom is 0.342 e. The van der Waals surface area contributed by atoms with Crippen LogP contribution in [0.5, 0.6) is 5.75 Å². The van der Waals surface area contributed by atoms with E-state index in [-0.39, 0.29) is 26.8 Å². The molecule has 0 spiro atoms. The van der Waals surface area contributed by atoms with Gasteiger partial charge in [0.1, 0.15) is 16.3 Å². The van der Waals surface area contributed by atoms with Gasteiger partial charge in [0.05, 0.1) is 17.6 Å². The van der Waals surface area contributed by atoms with Crippen LogP contribution >= 0.6 is 11.3 Å². The largest absolute Gasteiger partial charge is 0.496 e. The molecule has 144 valence electrons. The summed E-state index contributed by atoms with van der Waals surface area (Å²) in [5, 5.41) is 9.21. The van der Waals surface area contributed by atoms with E-state index >= 15 is 0 Å². The Morgan fingerprint density at radius 2 is 1.89 bits per heavy atom. The van der Waals surface area contributed by atoms with Crippen LogP contribution in [-0.4, -0.2) is 39.9 Å². The van der Waals surface area contributed by atoms with Crippen molar-refractivity contribution in [2.45, 2.75) is 4.90 Å². The molecule has 0 fully saturated rings. The Bertz CT molecular complexity index is 999. The van der Waals surface area contributed by atoms with E-state index in [1.807, 2.05) is 0 Å². The summed E-state index contributed by atoms with van der Waals surface area (Å²) in [6.07, 6.45) is 0. The number of primary sulfonamides is 1. The lowest BCUT2D eigenvalue weighted by Gasteiger charge is -2.10. The standard InChI is InChI=1S/C15H15N3O7S2/c1-24-11-3-2-8(27(17,22)23)6-10(11)15(21)25-7-12(19)18-14-9(13(16)20)4-5-26-14/h2-6H,7H2,1H3,(H2,16,20)(H,18,19)(H2,17,22,23). The Kier molecular flexibility index (Phi) is 6.15. The van der Waals surface area contributed by atoms with Gasteiger partial charge in [-0.05, 0) is 29.6 Å². The highest BCUT2D eigenvalue weighted by molar-refractivity contribution is 7.89. The molecule has 0 aliphatic rings. The van der Waals surface area contributed by atoms with Crippen LogP contribution < -0.4 is 20.9 Å². The molecular formula is C15H15N3O7S2. The Balaban J connectivity index is 2.10. The summed E-state index contributed by atoms with van der Waals surface area (Å²) in [6.45, 7) is -0.683. The van der Waals surface area contributed by atoms with Gasteiger partial charge in [-0.1, -0.05) is 0 Å². The average molecular weight is 413 g/mol. The average Bonchev–Trinajstić information content (AvgIpc) is 3.06. The highest BCUT2D eigenvalue weighted by atomic mass is 32.2. The molecule has 2 aromatic rings. The quantitative estimate of drug-likeness (QED) is 0.548. The molecule has 5 N–H and O–H groups in total. The van der Waals surface area contributed by atoms with Gasteiger partial charge in [-0.2, -0.15) is 0 Å². The molecule has 2 amide bonds. The van der Waals surface area contributed by atoms with E-state index in [1.54, 1.807) is 5.38 Å². The first-order valence-corrected chi connectivity index (χ1v) is 9.61. The molecule has 0 unspecified atom stereocenters. The van der Waals surface area contributed by atoms with Crippen molar-refractivity contribution in [1.29, 1.82) is 0 Å². The van der Waals surface area contributed by atoms with Gasteiger partial charge in [-0.3, -0.25) is 9.59 Å². The number of rotatable bonds is 7. The smallest absolute Gasteiger partial charge is 0.342 e. The molecular weight excluding hydrogens is 398 g/mol. The second kappa shape index (κ2) is 8.16. The number of hydrogen-bond donors (Lipinski definition) is 3. The zero-order chi connectivity index (χ0) is 20.2. The summed E-state index contributed by atoms with van der Waals surface area (Å²) in [4.78, 5) is 35.0. The normalized spacial score (nSPS) is 10.9. The summed E-state index contributed by atoms with van der Waals surface area (Å²) in [5.74, 6) is -2.38. The number of hydrogen-bond acceptors (Lipinski definition) is 8. The molecule has 1 heterocycles. The fourth-order valence-corrected chi connectivity index (χ4v) is 3.34. The van der Waals surface area contributed by atoms with Gasteiger partial charge < -0.3 is 20.5 Å². The number of nitrogens with one attached hydrogen (secondary N) is 1. The number of ether oxygens (including phenoxy) is 2. The third-order valence-electron chi connectivity index (χ3n) is 3.24. The molecule has 0 saturated carbocycles. The molecule has 0 radical (unpaired) electrons. The van der Waals surface area contributed by atoms with Gasteiger partial charge in [-0.25, -0.2) is 18.4 Å². The van der Waals surface area contributed by atoms with Crippen molar-refractivity contribution in [1.82, 2.24) is 0 Å². The second-order valence-corrected chi connectivity index (χ2v) is 7.54. The van der Waals surface area contributed by atoms with E-state index in [9.17, 15) is 22.8 Å². The van der Waals surface area contributed by atoms with Gasteiger partial charge in [-0.15, -0.1) is 11.3 Å². The predicted octanol–water partition coefficient (Wildman–Crippen LogP) is 0.298. The van der Waals surface area contributed by atoms with Crippen LogP contribution in [0.1, 0.15) is 20.7 Å². The van der Waals surface area contributed by atoms with Gasteiger partial charge in [0.25, 0.3) is 11.8 Å². The number of methoxy groups -OCH3 is 1. The van der Waals surface area contributed by atoms with Gasteiger partial charge >= 0.3 is 5.97 Å². The minimum atomic E-state index is -4.05. The fraction of sp³-hybridized carbons (Fsp3) is 0.133. The number of carbonyl (C=O) groups is 3. The van der Waals surface area contributed by atoms with E-state index in [1.165, 1.54) is 25.3 Å². The Labute approximate surface area is 158 Å². The molecule has 0 saturated heterocycles. The predicted molar refractivity (Wildman–Crippen MR) is 96.1 cm³/mol. The van der Waals surface area contributed by atoms with Gasteiger partial charge in [0, 0.05) is 0 Å². The van der Waals surface area contributed by atoms with Crippen LogP contribution in [0.4, 0.5) is 5.00 Å². The van der Waals surface area contributed by atoms with Crippen LogP contribution in [-0.2, 0) is 19.6 Å². The number of amides is 2. The molecule has 0 atom stereocenters. The molecule has 0 bridgehead atoms. The van der Waals surface area contributed by atoms with Crippen molar-refractivity contribution in [2.24, 2.45) is 10.9 Å². The molecule has 27 heavy (non-hydrogen) atoms. The first-order chi connectivity index (χ1) is 12.6. The van der Waals surface area contributed by atoms with Crippen molar-refractivity contribution in [2.75, 3.05) is 19.0 Å². The lowest BCUT2D eigenvalue weighted by Crippen LogP contribution is -2.22. The maximum absolute atomic E-state index is 12.2. The molecule has 12 heteroatoms. The van der Waals surface area contributed by atoms with Crippen molar-refractivity contribution >= 4 is 44.1 Å². The van der Waals surface area contributed by atoms with E-state index in [0.717, 1.165) is 17.4 Å². The van der Waals surface area contributed by atoms with E-state index in [0.29, 0.717) is 0 Å². The number of anilines is 1. The fourth-order valence-electron chi connectivity index (χ4n) is 2.00. The van der Waals surface area contributed by atoms with Crippen LogP contribution in [0.2, 0.25) is 0 Å². The van der Waals surface area contributed by atoms with Gasteiger partial charge in [0.15, 0.2) is 6.61 Å². The third kappa shape index (κ3) is 5.03. The zero-order valence-electron chi connectivity index (χ0n) is 13.9. The van der Waals surface area contributed by atoms with E-state index in [4.69, 9.17) is 20.3 Å². The Hall–Kier alpha value is -2.96. The van der Waals surface area contributed by atoms with Crippen molar-refractivity contribution < 1.29 is 32.3 Å². The maximum atomic E-state index is 12.2. The number of carbonyl (C=O) groups excluding carboxylic acids is 3. The Morgan fingerprint density at radius 3 is 2.48 bits per heavy atom. The van der Waals surface area contributed by atoms with E-state index in [2.05, 4.69) is 5.32 Å². The first kappa shape index (κ1) is 20.4. The second-order valence-electron chi connectivity index (χ2n) is 5.06. The lowest BCUT2D eigenvalue weighted by molar-refractivity contribution is -0.119.